The number of hydrogen-bond donors (Lipinski definition) is 1. The number of amides is 1. The standard InChI is InChI=1S/C14H10F3N3O2/c15-14(16,17)10-4-6-11(7-5-10)20-13(21)22-19-9-12-3-1-2-8-18-12/h1-9H,(H,20,21)/b19-9-. The van der Waals surface area contributed by atoms with Gasteiger partial charge in [0.15, 0.2) is 0 Å². The lowest BCUT2D eigenvalue weighted by Gasteiger charge is -2.07. The second kappa shape index (κ2) is 6.70. The van der Waals surface area contributed by atoms with E-state index in [4.69, 9.17) is 0 Å². The van der Waals surface area contributed by atoms with Crippen molar-refractivity contribution in [3.63, 3.8) is 0 Å². The van der Waals surface area contributed by atoms with Crippen LogP contribution in [0.25, 0.3) is 0 Å². The van der Waals surface area contributed by atoms with E-state index in [1.54, 1.807) is 24.4 Å². The second-order valence-electron chi connectivity index (χ2n) is 4.07. The Hall–Kier alpha value is -2.90. The minimum absolute atomic E-state index is 0.158. The first kappa shape index (κ1) is 15.5. The molecule has 0 aliphatic carbocycles. The van der Waals surface area contributed by atoms with Gasteiger partial charge >= 0.3 is 12.3 Å². The second-order valence-corrected chi connectivity index (χ2v) is 4.07. The van der Waals surface area contributed by atoms with Crippen LogP contribution < -0.4 is 5.32 Å². The number of carbonyl (C=O) groups is 1. The molecule has 1 aromatic carbocycles. The van der Waals surface area contributed by atoms with Gasteiger partial charge in [-0.15, -0.1) is 0 Å². The molecule has 1 aromatic heterocycles. The molecule has 114 valence electrons. The van der Waals surface area contributed by atoms with Gasteiger partial charge in [-0.1, -0.05) is 11.2 Å². The molecule has 1 amide bonds. The van der Waals surface area contributed by atoms with Gasteiger partial charge in [-0.05, 0) is 36.4 Å². The van der Waals surface area contributed by atoms with Gasteiger partial charge in [-0.25, -0.2) is 4.79 Å². The fraction of sp³-hybridized carbons (Fsp3) is 0.0714. The SMILES string of the molecule is O=C(Nc1ccc(C(F)(F)F)cc1)O/N=C\c1ccccn1. The van der Waals surface area contributed by atoms with Crippen LogP contribution in [-0.2, 0) is 11.0 Å². The average molecular weight is 309 g/mol. The average Bonchev–Trinajstić information content (AvgIpc) is 2.48. The summed E-state index contributed by atoms with van der Waals surface area (Å²) in [5.74, 6) is 0. The number of nitrogens with zero attached hydrogens (tertiary/aromatic N) is 2. The van der Waals surface area contributed by atoms with E-state index in [-0.39, 0.29) is 5.69 Å². The van der Waals surface area contributed by atoms with Crippen LogP contribution >= 0.6 is 0 Å². The molecule has 0 radical (unpaired) electrons. The van der Waals surface area contributed by atoms with Crippen LogP contribution in [0.3, 0.4) is 0 Å². The van der Waals surface area contributed by atoms with E-state index < -0.39 is 17.8 Å². The Balaban J connectivity index is 1.88. The monoisotopic (exact) mass is 309 g/mol. The Labute approximate surface area is 123 Å². The van der Waals surface area contributed by atoms with Crippen LogP contribution in [0.15, 0.2) is 53.8 Å². The highest BCUT2D eigenvalue weighted by molar-refractivity contribution is 5.85. The molecule has 2 aromatic rings. The number of rotatable bonds is 3. The van der Waals surface area contributed by atoms with Gasteiger partial charge in [0, 0.05) is 11.9 Å². The van der Waals surface area contributed by atoms with Crippen LogP contribution in [-0.4, -0.2) is 17.3 Å². The van der Waals surface area contributed by atoms with Crippen molar-refractivity contribution in [2.45, 2.75) is 6.18 Å². The van der Waals surface area contributed by atoms with Crippen LogP contribution in [0.1, 0.15) is 11.3 Å². The summed E-state index contributed by atoms with van der Waals surface area (Å²) in [4.78, 5) is 19.8. The predicted octanol–water partition coefficient (Wildman–Crippen LogP) is 3.68. The van der Waals surface area contributed by atoms with Crippen LogP contribution in [0.5, 0.6) is 0 Å². The van der Waals surface area contributed by atoms with Crippen molar-refractivity contribution < 1.29 is 22.8 Å². The molecule has 22 heavy (non-hydrogen) atoms. The first-order valence-electron chi connectivity index (χ1n) is 6.05. The first-order chi connectivity index (χ1) is 10.4. The molecule has 0 unspecified atom stereocenters. The number of alkyl halides is 3. The molecule has 0 bridgehead atoms. The Morgan fingerprint density at radius 1 is 1.18 bits per heavy atom. The molecule has 1 heterocycles. The van der Waals surface area contributed by atoms with Gasteiger partial charge in [-0.3, -0.25) is 15.1 Å². The maximum absolute atomic E-state index is 12.4. The zero-order chi connectivity index (χ0) is 16.0. The highest BCUT2D eigenvalue weighted by atomic mass is 19.4. The van der Waals surface area contributed by atoms with Gasteiger partial charge < -0.3 is 0 Å². The summed E-state index contributed by atoms with van der Waals surface area (Å²) < 4.78 is 37.1. The third-order valence-electron chi connectivity index (χ3n) is 2.47. The molecule has 0 aliphatic heterocycles. The molecule has 1 N–H and O–H groups in total. The van der Waals surface area contributed by atoms with E-state index in [2.05, 4.69) is 20.3 Å². The third-order valence-corrected chi connectivity index (χ3v) is 2.47. The summed E-state index contributed by atoms with van der Waals surface area (Å²) >= 11 is 0. The van der Waals surface area contributed by atoms with E-state index in [0.29, 0.717) is 5.69 Å². The number of anilines is 1. The van der Waals surface area contributed by atoms with Crippen molar-refractivity contribution in [2.24, 2.45) is 5.16 Å². The number of oxime groups is 1. The fourth-order valence-electron chi connectivity index (χ4n) is 1.46. The maximum atomic E-state index is 12.4. The lowest BCUT2D eigenvalue weighted by Crippen LogP contribution is -2.11. The third kappa shape index (κ3) is 4.58. The number of carbonyl (C=O) groups excluding carboxylic acids is 1. The molecule has 0 saturated heterocycles. The quantitative estimate of drug-likeness (QED) is 0.534. The lowest BCUT2D eigenvalue weighted by atomic mass is 10.2. The molecule has 2 rings (SSSR count). The van der Waals surface area contributed by atoms with Gasteiger partial charge in [0.1, 0.15) is 0 Å². The maximum Gasteiger partial charge on any atom is 0.437 e. The van der Waals surface area contributed by atoms with E-state index in [9.17, 15) is 18.0 Å². The van der Waals surface area contributed by atoms with Crippen molar-refractivity contribution in [3.8, 4) is 0 Å². The molecule has 0 atom stereocenters. The normalized spacial score (nSPS) is 11.4. The Bertz CT molecular complexity index is 655. The molecule has 0 aliphatic rings. The zero-order valence-electron chi connectivity index (χ0n) is 11.0. The summed E-state index contributed by atoms with van der Waals surface area (Å²) in [5, 5.41) is 5.66. The van der Waals surface area contributed by atoms with Gasteiger partial charge in [0.05, 0.1) is 17.5 Å². The Morgan fingerprint density at radius 3 is 2.50 bits per heavy atom. The van der Waals surface area contributed by atoms with Gasteiger partial charge in [-0.2, -0.15) is 13.2 Å². The van der Waals surface area contributed by atoms with E-state index in [0.717, 1.165) is 24.3 Å². The molecule has 5 nitrogen and oxygen atoms in total. The van der Waals surface area contributed by atoms with Gasteiger partial charge in [0.25, 0.3) is 0 Å². The zero-order valence-corrected chi connectivity index (χ0v) is 11.0. The number of aromatic nitrogens is 1. The highest BCUT2D eigenvalue weighted by Gasteiger charge is 2.29. The van der Waals surface area contributed by atoms with Gasteiger partial charge in [0.2, 0.25) is 0 Å². The molecule has 0 spiro atoms. The molecule has 0 saturated carbocycles. The number of nitrogens with one attached hydrogen (secondary N) is 1. The lowest BCUT2D eigenvalue weighted by molar-refractivity contribution is -0.137. The minimum Gasteiger partial charge on any atom is -0.298 e. The van der Waals surface area contributed by atoms with Crippen molar-refractivity contribution in [1.82, 2.24) is 4.98 Å². The number of hydrogen-bond acceptors (Lipinski definition) is 4. The first-order valence-corrected chi connectivity index (χ1v) is 6.05. The van der Waals surface area contributed by atoms with E-state index in [1.807, 2.05) is 0 Å². The highest BCUT2D eigenvalue weighted by Crippen LogP contribution is 2.29. The summed E-state index contributed by atoms with van der Waals surface area (Å²) in [6.45, 7) is 0. The Kier molecular flexibility index (Phi) is 4.72. The van der Waals surface area contributed by atoms with Crippen LogP contribution in [0.2, 0.25) is 0 Å². The van der Waals surface area contributed by atoms with E-state index >= 15 is 0 Å². The van der Waals surface area contributed by atoms with Crippen LogP contribution in [0, 0.1) is 0 Å². The number of halogens is 3. The fourth-order valence-corrected chi connectivity index (χ4v) is 1.46. The predicted molar refractivity (Wildman–Crippen MR) is 73.4 cm³/mol. The number of pyridine rings is 1. The summed E-state index contributed by atoms with van der Waals surface area (Å²) in [6.07, 6.45) is -2.57. The molecular weight excluding hydrogens is 299 g/mol. The van der Waals surface area contributed by atoms with E-state index in [1.165, 1.54) is 6.21 Å². The minimum atomic E-state index is -4.42. The van der Waals surface area contributed by atoms with Crippen molar-refractivity contribution in [2.75, 3.05) is 5.32 Å². The summed E-state index contributed by atoms with van der Waals surface area (Å²) in [7, 11) is 0. The van der Waals surface area contributed by atoms with Crippen molar-refractivity contribution >= 4 is 18.0 Å². The van der Waals surface area contributed by atoms with Crippen LogP contribution in [0.4, 0.5) is 23.7 Å². The summed E-state index contributed by atoms with van der Waals surface area (Å²) in [6, 6.07) is 9.05. The molecule has 0 fully saturated rings. The smallest absolute Gasteiger partial charge is 0.298 e. The number of benzene rings is 1. The molecule has 8 heteroatoms. The summed E-state index contributed by atoms with van der Waals surface area (Å²) in [5.41, 5.74) is -0.157. The Morgan fingerprint density at radius 2 is 1.91 bits per heavy atom. The topological polar surface area (TPSA) is 63.6 Å². The van der Waals surface area contributed by atoms with Crippen molar-refractivity contribution in [3.05, 3.63) is 59.9 Å². The van der Waals surface area contributed by atoms with Crippen molar-refractivity contribution in [1.29, 1.82) is 0 Å². The largest absolute Gasteiger partial charge is 0.437 e. The molecular formula is C14H10F3N3O2.